The zero-order valence-electron chi connectivity index (χ0n) is 11.6. The first kappa shape index (κ1) is 15.0. The zero-order valence-corrected chi connectivity index (χ0v) is 12.4. The molecule has 0 fully saturated rings. The first-order chi connectivity index (χ1) is 9.47. The molecule has 0 heterocycles. The van der Waals surface area contributed by atoms with E-state index in [9.17, 15) is 9.50 Å². The second kappa shape index (κ2) is 6.38. The maximum atomic E-state index is 13.9. The maximum absolute atomic E-state index is 13.9. The van der Waals surface area contributed by atoms with Crippen molar-refractivity contribution in [1.29, 1.82) is 0 Å². The van der Waals surface area contributed by atoms with Crippen LogP contribution >= 0.6 is 11.6 Å². The Morgan fingerprint density at radius 3 is 2.55 bits per heavy atom. The second-order valence-electron chi connectivity index (χ2n) is 5.41. The van der Waals surface area contributed by atoms with E-state index in [0.717, 1.165) is 12.0 Å². The molecule has 1 unspecified atom stereocenters. The second-order valence-corrected chi connectivity index (χ2v) is 5.85. The van der Waals surface area contributed by atoms with E-state index in [0.29, 0.717) is 16.5 Å². The van der Waals surface area contributed by atoms with E-state index >= 15 is 0 Å². The van der Waals surface area contributed by atoms with Crippen LogP contribution in [0, 0.1) is 11.7 Å². The van der Waals surface area contributed by atoms with Crippen molar-refractivity contribution in [2.24, 2.45) is 5.92 Å². The minimum absolute atomic E-state index is 0.246. The van der Waals surface area contributed by atoms with Gasteiger partial charge in [0, 0.05) is 10.6 Å². The lowest BCUT2D eigenvalue weighted by atomic mass is 9.96. The summed E-state index contributed by atoms with van der Waals surface area (Å²) in [6.07, 6.45) is -0.0386. The smallest absolute Gasteiger partial charge is 0.130 e. The molecule has 1 N–H and O–H groups in total. The minimum atomic E-state index is -0.973. The van der Waals surface area contributed by atoms with Crippen LogP contribution in [0.2, 0.25) is 5.02 Å². The van der Waals surface area contributed by atoms with E-state index in [1.807, 2.05) is 24.3 Å². The topological polar surface area (TPSA) is 20.2 Å². The van der Waals surface area contributed by atoms with Crippen LogP contribution in [-0.2, 0) is 6.42 Å². The highest BCUT2D eigenvalue weighted by Crippen LogP contribution is 2.27. The van der Waals surface area contributed by atoms with Gasteiger partial charge in [-0.3, -0.25) is 0 Å². The lowest BCUT2D eigenvalue weighted by Gasteiger charge is -2.14. The van der Waals surface area contributed by atoms with E-state index in [-0.39, 0.29) is 5.56 Å². The van der Waals surface area contributed by atoms with Gasteiger partial charge < -0.3 is 5.11 Å². The molecule has 2 aromatic carbocycles. The quantitative estimate of drug-likeness (QED) is 0.861. The Balaban J connectivity index is 2.30. The number of benzene rings is 2. The summed E-state index contributed by atoms with van der Waals surface area (Å²) < 4.78 is 13.9. The molecule has 0 aliphatic carbocycles. The predicted octanol–water partition coefficient (Wildman–Crippen LogP) is 4.76. The van der Waals surface area contributed by atoms with Gasteiger partial charge in [0.15, 0.2) is 0 Å². The molecule has 20 heavy (non-hydrogen) atoms. The summed E-state index contributed by atoms with van der Waals surface area (Å²) in [5, 5.41) is 10.7. The Labute approximate surface area is 124 Å². The fourth-order valence-electron chi connectivity index (χ4n) is 2.26. The highest BCUT2D eigenvalue weighted by atomic mass is 35.5. The molecule has 106 valence electrons. The van der Waals surface area contributed by atoms with E-state index in [2.05, 4.69) is 13.8 Å². The number of hydrogen-bond donors (Lipinski definition) is 1. The molecule has 0 bridgehead atoms. The van der Waals surface area contributed by atoms with Gasteiger partial charge in [-0.05, 0) is 35.6 Å². The molecule has 0 spiro atoms. The average Bonchev–Trinajstić information content (AvgIpc) is 2.37. The van der Waals surface area contributed by atoms with Crippen LogP contribution in [0.1, 0.15) is 36.6 Å². The van der Waals surface area contributed by atoms with Gasteiger partial charge in [-0.25, -0.2) is 4.39 Å². The van der Waals surface area contributed by atoms with Gasteiger partial charge in [-0.15, -0.1) is 0 Å². The summed E-state index contributed by atoms with van der Waals surface area (Å²) in [6, 6.07) is 12.0. The normalized spacial score (nSPS) is 12.7. The van der Waals surface area contributed by atoms with Crippen LogP contribution in [0.25, 0.3) is 0 Å². The Kier molecular flexibility index (Phi) is 4.79. The van der Waals surface area contributed by atoms with Crippen LogP contribution in [-0.4, -0.2) is 5.11 Å². The molecular formula is C17H18ClFO. The van der Waals surface area contributed by atoms with Crippen molar-refractivity contribution in [3.8, 4) is 0 Å². The molecule has 0 saturated heterocycles. The Morgan fingerprint density at radius 2 is 1.90 bits per heavy atom. The van der Waals surface area contributed by atoms with E-state index in [4.69, 9.17) is 11.6 Å². The highest BCUT2D eigenvalue weighted by Gasteiger charge is 2.15. The van der Waals surface area contributed by atoms with Crippen molar-refractivity contribution in [3.05, 3.63) is 70.0 Å². The van der Waals surface area contributed by atoms with Crippen LogP contribution in [0.3, 0.4) is 0 Å². The van der Waals surface area contributed by atoms with Crippen LogP contribution in [0.5, 0.6) is 0 Å². The van der Waals surface area contributed by atoms with Crippen molar-refractivity contribution >= 4 is 11.6 Å². The van der Waals surface area contributed by atoms with Crippen LogP contribution in [0.15, 0.2) is 42.5 Å². The first-order valence-electron chi connectivity index (χ1n) is 6.69. The Hall–Kier alpha value is -1.38. The SMILES string of the molecule is CC(C)Cc1cccc(C(O)c2ccc(Cl)cc2F)c1. The van der Waals surface area contributed by atoms with Gasteiger partial charge in [-0.2, -0.15) is 0 Å². The molecule has 3 heteroatoms. The monoisotopic (exact) mass is 292 g/mol. The number of halogens is 2. The summed E-state index contributed by atoms with van der Waals surface area (Å²) in [6.45, 7) is 4.28. The zero-order chi connectivity index (χ0) is 14.7. The highest BCUT2D eigenvalue weighted by molar-refractivity contribution is 6.30. The van der Waals surface area contributed by atoms with Crippen molar-refractivity contribution in [3.63, 3.8) is 0 Å². The van der Waals surface area contributed by atoms with Gasteiger partial charge in [0.1, 0.15) is 11.9 Å². The number of rotatable bonds is 4. The van der Waals surface area contributed by atoms with E-state index in [1.165, 1.54) is 12.1 Å². The first-order valence-corrected chi connectivity index (χ1v) is 7.07. The van der Waals surface area contributed by atoms with Gasteiger partial charge in [0.2, 0.25) is 0 Å². The van der Waals surface area contributed by atoms with Crippen molar-refractivity contribution in [1.82, 2.24) is 0 Å². The third kappa shape index (κ3) is 3.59. The Morgan fingerprint density at radius 1 is 1.15 bits per heavy atom. The third-order valence-electron chi connectivity index (χ3n) is 3.17. The molecule has 0 radical (unpaired) electrons. The van der Waals surface area contributed by atoms with E-state index < -0.39 is 11.9 Å². The summed E-state index contributed by atoms with van der Waals surface area (Å²) >= 11 is 5.73. The van der Waals surface area contributed by atoms with Crippen molar-refractivity contribution in [2.45, 2.75) is 26.4 Å². The molecule has 0 saturated carbocycles. The molecule has 0 aliphatic rings. The van der Waals surface area contributed by atoms with Gasteiger partial charge in [0.25, 0.3) is 0 Å². The lowest BCUT2D eigenvalue weighted by molar-refractivity contribution is 0.215. The minimum Gasteiger partial charge on any atom is -0.384 e. The standard InChI is InChI=1S/C17H18ClFO/c1-11(2)8-12-4-3-5-13(9-12)17(20)15-7-6-14(18)10-16(15)19/h3-7,9-11,17,20H,8H2,1-2H3. The largest absolute Gasteiger partial charge is 0.384 e. The number of aliphatic hydroxyl groups excluding tert-OH is 1. The lowest BCUT2D eigenvalue weighted by Crippen LogP contribution is -2.04. The van der Waals surface area contributed by atoms with Crippen LogP contribution < -0.4 is 0 Å². The fourth-order valence-corrected chi connectivity index (χ4v) is 2.42. The van der Waals surface area contributed by atoms with E-state index in [1.54, 1.807) is 6.07 Å². The molecule has 0 aliphatic heterocycles. The summed E-state index contributed by atoms with van der Waals surface area (Å²) in [5.74, 6) is 0.0499. The number of hydrogen-bond acceptors (Lipinski definition) is 1. The van der Waals surface area contributed by atoms with Crippen LogP contribution in [0.4, 0.5) is 4.39 Å². The van der Waals surface area contributed by atoms with Gasteiger partial charge in [-0.1, -0.05) is 55.8 Å². The molecule has 0 aromatic heterocycles. The molecule has 2 rings (SSSR count). The summed E-state index contributed by atoms with van der Waals surface area (Å²) in [7, 11) is 0. The predicted molar refractivity (Wildman–Crippen MR) is 80.5 cm³/mol. The summed E-state index contributed by atoms with van der Waals surface area (Å²) in [4.78, 5) is 0. The Bertz CT molecular complexity index is 595. The third-order valence-corrected chi connectivity index (χ3v) is 3.40. The average molecular weight is 293 g/mol. The van der Waals surface area contributed by atoms with Crippen molar-refractivity contribution < 1.29 is 9.50 Å². The number of aliphatic hydroxyl groups is 1. The van der Waals surface area contributed by atoms with Gasteiger partial charge >= 0.3 is 0 Å². The molecule has 0 amide bonds. The molecule has 2 aromatic rings. The summed E-state index contributed by atoms with van der Waals surface area (Å²) in [5.41, 5.74) is 2.09. The van der Waals surface area contributed by atoms with Gasteiger partial charge in [0.05, 0.1) is 0 Å². The molecular weight excluding hydrogens is 275 g/mol. The maximum Gasteiger partial charge on any atom is 0.130 e. The molecule has 1 atom stereocenters. The molecule has 1 nitrogen and oxygen atoms in total. The fraction of sp³-hybridized carbons (Fsp3) is 0.294. The van der Waals surface area contributed by atoms with Crippen molar-refractivity contribution in [2.75, 3.05) is 0 Å².